The van der Waals surface area contributed by atoms with E-state index in [9.17, 15) is 4.91 Å². The van der Waals surface area contributed by atoms with Crippen LogP contribution in [0.4, 0.5) is 5.69 Å². The first-order valence-corrected chi connectivity index (χ1v) is 11.0. The van der Waals surface area contributed by atoms with Gasteiger partial charge in [-0.3, -0.25) is 4.98 Å². The summed E-state index contributed by atoms with van der Waals surface area (Å²) in [6.45, 7) is 0. The molecule has 0 amide bonds. The number of nitrogens with zero attached hydrogens (tertiary/aromatic N) is 2. The second-order valence-electron chi connectivity index (χ2n) is 8.25. The molecule has 1 atom stereocenters. The summed E-state index contributed by atoms with van der Waals surface area (Å²) in [4.78, 5) is 16.3. The van der Waals surface area contributed by atoms with Crippen LogP contribution in [0.15, 0.2) is 127 Å². The van der Waals surface area contributed by atoms with Gasteiger partial charge in [-0.15, -0.1) is 4.91 Å². The number of hydrogen-bond acceptors (Lipinski definition) is 3. The third-order valence-corrected chi connectivity index (χ3v) is 6.61. The topological polar surface area (TPSA) is 42.3 Å². The molecule has 0 unspecified atom stereocenters. The van der Waals surface area contributed by atoms with Crippen LogP contribution in [-0.2, 0) is 5.41 Å². The molecule has 0 saturated carbocycles. The van der Waals surface area contributed by atoms with E-state index in [4.69, 9.17) is 4.98 Å². The predicted molar refractivity (Wildman–Crippen MR) is 132 cm³/mol. The lowest BCUT2D eigenvalue weighted by atomic mass is 9.69. The fraction of sp³-hybridized carbons (Fsp3) is 0.0333. The van der Waals surface area contributed by atoms with Crippen molar-refractivity contribution in [2.24, 2.45) is 5.18 Å². The Balaban J connectivity index is 1.70. The van der Waals surface area contributed by atoms with E-state index < -0.39 is 5.41 Å². The predicted octanol–water partition coefficient (Wildman–Crippen LogP) is 7.51. The highest BCUT2D eigenvalue weighted by molar-refractivity contribution is 5.89. The minimum atomic E-state index is -0.518. The number of fused-ring (bicyclic) bond motifs is 3. The van der Waals surface area contributed by atoms with Crippen molar-refractivity contribution in [1.29, 1.82) is 0 Å². The Morgan fingerprint density at radius 2 is 1.30 bits per heavy atom. The molecule has 0 fully saturated rings. The quantitative estimate of drug-likeness (QED) is 0.275. The molecule has 4 aromatic carbocycles. The summed E-state index contributed by atoms with van der Waals surface area (Å²) in [5, 5.41) is 3.25. The maximum absolute atomic E-state index is 11.4. The van der Waals surface area contributed by atoms with E-state index in [0.29, 0.717) is 5.69 Å². The zero-order valence-electron chi connectivity index (χ0n) is 17.8. The zero-order valence-corrected chi connectivity index (χ0v) is 17.8. The fourth-order valence-electron chi connectivity index (χ4n) is 5.26. The summed E-state index contributed by atoms with van der Waals surface area (Å²) in [5.41, 5.74) is 8.64. The number of pyridine rings is 1. The monoisotopic (exact) mass is 424 g/mol. The molecule has 0 saturated heterocycles. The Morgan fingerprint density at radius 1 is 0.606 bits per heavy atom. The second kappa shape index (κ2) is 7.64. The fourth-order valence-corrected chi connectivity index (χ4v) is 5.26. The smallest absolute Gasteiger partial charge is 0.115 e. The lowest BCUT2D eigenvalue weighted by molar-refractivity contribution is 0.735. The van der Waals surface area contributed by atoms with Gasteiger partial charge in [-0.05, 0) is 62.8 Å². The third-order valence-electron chi connectivity index (χ3n) is 6.61. The van der Waals surface area contributed by atoms with Crippen LogP contribution in [0.3, 0.4) is 0 Å². The van der Waals surface area contributed by atoms with Crippen molar-refractivity contribution in [3.63, 3.8) is 0 Å². The van der Waals surface area contributed by atoms with E-state index >= 15 is 0 Å². The van der Waals surface area contributed by atoms with Crippen molar-refractivity contribution < 1.29 is 0 Å². The maximum atomic E-state index is 11.4. The van der Waals surface area contributed by atoms with Gasteiger partial charge in [0.25, 0.3) is 0 Å². The highest BCUT2D eigenvalue weighted by Crippen LogP contribution is 2.56. The molecule has 1 aliphatic carbocycles. The van der Waals surface area contributed by atoms with Gasteiger partial charge in [0, 0.05) is 11.8 Å². The Kier molecular flexibility index (Phi) is 4.48. The van der Waals surface area contributed by atoms with Gasteiger partial charge in [-0.1, -0.05) is 91.0 Å². The van der Waals surface area contributed by atoms with E-state index in [1.807, 2.05) is 42.6 Å². The van der Waals surface area contributed by atoms with Gasteiger partial charge in [-0.2, -0.15) is 0 Å². The molecule has 0 spiro atoms. The average Bonchev–Trinajstić information content (AvgIpc) is 3.20. The van der Waals surface area contributed by atoms with Gasteiger partial charge in [0.15, 0.2) is 0 Å². The van der Waals surface area contributed by atoms with E-state index in [2.05, 4.69) is 78.0 Å². The Labute approximate surface area is 192 Å². The van der Waals surface area contributed by atoms with Gasteiger partial charge < -0.3 is 0 Å². The van der Waals surface area contributed by atoms with Crippen molar-refractivity contribution in [2.45, 2.75) is 5.41 Å². The number of hydrogen-bond donors (Lipinski definition) is 0. The Bertz CT molecular complexity index is 1440. The van der Waals surface area contributed by atoms with E-state index in [1.165, 1.54) is 22.3 Å². The molecule has 3 heteroatoms. The van der Waals surface area contributed by atoms with Crippen LogP contribution < -0.4 is 0 Å². The Hall–Kier alpha value is -4.37. The maximum Gasteiger partial charge on any atom is 0.115 e. The molecule has 33 heavy (non-hydrogen) atoms. The molecular formula is C30H20N2O. The molecule has 1 aromatic heterocycles. The number of rotatable bonds is 4. The van der Waals surface area contributed by atoms with Gasteiger partial charge >= 0.3 is 0 Å². The van der Waals surface area contributed by atoms with Crippen molar-refractivity contribution in [3.8, 4) is 22.3 Å². The summed E-state index contributed by atoms with van der Waals surface area (Å²) in [6.07, 6.45) is 1.86. The van der Waals surface area contributed by atoms with Crippen LogP contribution in [0.25, 0.3) is 22.3 Å². The van der Waals surface area contributed by atoms with Crippen molar-refractivity contribution in [2.75, 3.05) is 0 Å². The zero-order chi connectivity index (χ0) is 22.3. The highest BCUT2D eigenvalue weighted by Gasteiger charge is 2.47. The minimum absolute atomic E-state index is 0.447. The number of aromatic nitrogens is 1. The van der Waals surface area contributed by atoms with Crippen LogP contribution in [0.2, 0.25) is 0 Å². The first-order chi connectivity index (χ1) is 16.3. The Morgan fingerprint density at radius 3 is 2.09 bits per heavy atom. The molecule has 0 N–H and O–H groups in total. The normalized spacial score (nSPS) is 16.1. The van der Waals surface area contributed by atoms with Crippen LogP contribution in [0, 0.1) is 4.91 Å². The average molecular weight is 425 g/mol. The largest absolute Gasteiger partial charge is 0.260 e. The van der Waals surface area contributed by atoms with Gasteiger partial charge in [0.1, 0.15) is 5.69 Å². The SMILES string of the molecule is O=Nc1ccccc1-c1ccc2c(c1)-c1ccccc1[C@]2(c1ccccc1)c1ccccn1. The van der Waals surface area contributed by atoms with Crippen LogP contribution in [0.1, 0.15) is 22.4 Å². The molecule has 0 bridgehead atoms. The second-order valence-corrected chi connectivity index (χ2v) is 8.25. The summed E-state index contributed by atoms with van der Waals surface area (Å²) < 4.78 is 0. The molecule has 0 aliphatic heterocycles. The van der Waals surface area contributed by atoms with Gasteiger partial charge in [0.2, 0.25) is 0 Å². The third kappa shape index (κ3) is 2.79. The van der Waals surface area contributed by atoms with E-state index in [1.54, 1.807) is 6.07 Å². The summed E-state index contributed by atoms with van der Waals surface area (Å²) in [6, 6.07) is 39.2. The molecule has 0 radical (unpaired) electrons. The number of nitroso groups, excluding NO2 is 1. The first kappa shape index (κ1) is 19.3. The van der Waals surface area contributed by atoms with Crippen molar-refractivity contribution >= 4 is 5.69 Å². The molecule has 3 nitrogen and oxygen atoms in total. The van der Waals surface area contributed by atoms with Crippen molar-refractivity contribution in [3.05, 3.63) is 149 Å². The van der Waals surface area contributed by atoms with Crippen LogP contribution in [0.5, 0.6) is 0 Å². The number of benzene rings is 4. The molecule has 5 aromatic rings. The molecule has 1 aliphatic rings. The van der Waals surface area contributed by atoms with Crippen molar-refractivity contribution in [1.82, 2.24) is 4.98 Å². The molecular weight excluding hydrogens is 404 g/mol. The van der Waals surface area contributed by atoms with E-state index in [0.717, 1.165) is 22.4 Å². The lowest BCUT2D eigenvalue weighted by Gasteiger charge is -2.32. The standard InChI is InChI=1S/C30H20N2O/c33-32-28-15-7-5-12-23(28)21-17-18-27-25(20-21)24-13-4-6-14-26(24)30(27,22-10-2-1-3-11-22)29-16-8-9-19-31-29/h1-20H/t30-/m0/s1. The molecule has 156 valence electrons. The van der Waals surface area contributed by atoms with E-state index in [-0.39, 0.29) is 0 Å². The molecule has 6 rings (SSSR count). The lowest BCUT2D eigenvalue weighted by Crippen LogP contribution is -2.29. The van der Waals surface area contributed by atoms with Crippen LogP contribution >= 0.6 is 0 Å². The summed E-state index contributed by atoms with van der Waals surface area (Å²) >= 11 is 0. The molecule has 1 heterocycles. The van der Waals surface area contributed by atoms with Gasteiger partial charge in [-0.25, -0.2) is 0 Å². The van der Waals surface area contributed by atoms with Crippen LogP contribution in [-0.4, -0.2) is 4.98 Å². The highest BCUT2D eigenvalue weighted by atomic mass is 16.3. The minimum Gasteiger partial charge on any atom is -0.260 e. The summed E-state index contributed by atoms with van der Waals surface area (Å²) in [5.74, 6) is 0. The first-order valence-electron chi connectivity index (χ1n) is 11.0. The summed E-state index contributed by atoms with van der Waals surface area (Å²) in [7, 11) is 0. The van der Waals surface area contributed by atoms with Gasteiger partial charge in [0.05, 0.1) is 11.1 Å².